The van der Waals surface area contributed by atoms with Crippen LogP contribution >= 0.6 is 0 Å². The van der Waals surface area contributed by atoms with Crippen LogP contribution in [0.5, 0.6) is 0 Å². The maximum absolute atomic E-state index is 13.3. The quantitative estimate of drug-likeness (QED) is 0.452. The van der Waals surface area contributed by atoms with E-state index in [2.05, 4.69) is 19.2 Å². The van der Waals surface area contributed by atoms with E-state index in [-0.39, 0.29) is 12.2 Å². The predicted molar refractivity (Wildman–Crippen MR) is 71.8 cm³/mol. The topological polar surface area (TPSA) is 64.4 Å². The second-order valence-electron chi connectivity index (χ2n) is 4.76. The summed E-state index contributed by atoms with van der Waals surface area (Å²) >= 11 is 0. The second kappa shape index (κ2) is 7.74. The number of benzene rings is 1. The molecule has 0 atom stereocenters. The number of nitrogens with zero attached hydrogens (tertiary/aromatic N) is 1. The van der Waals surface area contributed by atoms with Crippen molar-refractivity contribution in [2.24, 2.45) is 5.92 Å². The van der Waals surface area contributed by atoms with Gasteiger partial charge in [-0.15, -0.1) is 0 Å². The first kappa shape index (κ1) is 16.3. The van der Waals surface area contributed by atoms with Gasteiger partial charge in [-0.05, 0) is 12.3 Å². The van der Waals surface area contributed by atoms with Gasteiger partial charge in [0.1, 0.15) is 11.5 Å². The first-order valence-corrected chi connectivity index (χ1v) is 6.37. The third-order valence-electron chi connectivity index (χ3n) is 2.61. The first-order valence-electron chi connectivity index (χ1n) is 6.37. The van der Waals surface area contributed by atoms with E-state index in [1.807, 2.05) is 0 Å². The number of halogens is 2. The highest BCUT2D eigenvalue weighted by Crippen LogP contribution is 2.28. The zero-order chi connectivity index (χ0) is 15.1. The van der Waals surface area contributed by atoms with Crippen LogP contribution in [0.25, 0.3) is 0 Å². The lowest BCUT2D eigenvalue weighted by molar-refractivity contribution is -0.386. The summed E-state index contributed by atoms with van der Waals surface area (Å²) in [5, 5.41) is 13.4. The van der Waals surface area contributed by atoms with Gasteiger partial charge in [-0.3, -0.25) is 10.1 Å². The molecule has 0 radical (unpaired) electrons. The van der Waals surface area contributed by atoms with Crippen molar-refractivity contribution in [2.75, 3.05) is 25.1 Å². The number of anilines is 1. The molecule has 0 fully saturated rings. The molecular formula is C13H18F2N2O3. The third-order valence-corrected chi connectivity index (χ3v) is 2.61. The van der Waals surface area contributed by atoms with Crippen molar-refractivity contribution in [2.45, 2.75) is 20.3 Å². The molecule has 112 valence electrons. The van der Waals surface area contributed by atoms with Crippen LogP contribution in [0.15, 0.2) is 12.1 Å². The molecule has 0 aliphatic rings. The summed E-state index contributed by atoms with van der Waals surface area (Å²) in [6.07, 6.45) is 0.911. The van der Waals surface area contributed by atoms with E-state index in [1.54, 1.807) is 0 Å². The largest absolute Gasteiger partial charge is 0.380 e. The highest BCUT2D eigenvalue weighted by molar-refractivity contribution is 5.62. The fraction of sp³-hybridized carbons (Fsp3) is 0.538. The molecule has 0 heterocycles. The maximum Gasteiger partial charge on any atom is 0.327 e. The summed E-state index contributed by atoms with van der Waals surface area (Å²) in [7, 11) is 0. The lowest BCUT2D eigenvalue weighted by Crippen LogP contribution is -2.12. The molecule has 0 aromatic heterocycles. The Labute approximate surface area is 116 Å². The number of nitro groups is 1. The lowest BCUT2D eigenvalue weighted by atomic mass is 10.1. The molecule has 5 nitrogen and oxygen atoms in total. The molecule has 0 saturated heterocycles. The fourth-order valence-corrected chi connectivity index (χ4v) is 1.57. The smallest absolute Gasteiger partial charge is 0.327 e. The number of hydrogen-bond acceptors (Lipinski definition) is 4. The predicted octanol–water partition coefficient (Wildman–Crippen LogP) is 3.35. The van der Waals surface area contributed by atoms with Crippen LogP contribution in [0.2, 0.25) is 0 Å². The summed E-state index contributed by atoms with van der Waals surface area (Å²) in [6, 6.07) is 1.39. The number of ether oxygens (including phenoxy) is 1. The SMILES string of the molecule is CC(C)CCOCCNc1cc(F)cc(F)c1[N+](=O)[O-]. The van der Waals surface area contributed by atoms with Crippen molar-refractivity contribution >= 4 is 11.4 Å². The van der Waals surface area contributed by atoms with Crippen molar-refractivity contribution in [3.63, 3.8) is 0 Å². The van der Waals surface area contributed by atoms with Crippen LogP contribution in [-0.4, -0.2) is 24.7 Å². The maximum atomic E-state index is 13.3. The van der Waals surface area contributed by atoms with Crippen molar-refractivity contribution < 1.29 is 18.4 Å². The molecule has 0 bridgehead atoms. The molecule has 20 heavy (non-hydrogen) atoms. The van der Waals surface area contributed by atoms with E-state index >= 15 is 0 Å². The molecule has 0 amide bonds. The molecule has 1 aromatic carbocycles. The molecule has 1 N–H and O–H groups in total. The zero-order valence-electron chi connectivity index (χ0n) is 11.5. The molecule has 0 spiro atoms. The van der Waals surface area contributed by atoms with Crippen LogP contribution < -0.4 is 5.32 Å². The molecule has 1 rings (SSSR count). The summed E-state index contributed by atoms with van der Waals surface area (Å²) in [6.45, 7) is 5.27. The van der Waals surface area contributed by atoms with E-state index in [0.717, 1.165) is 12.5 Å². The van der Waals surface area contributed by atoms with Gasteiger partial charge in [-0.25, -0.2) is 4.39 Å². The minimum absolute atomic E-state index is 0.181. The highest BCUT2D eigenvalue weighted by Gasteiger charge is 2.21. The summed E-state index contributed by atoms with van der Waals surface area (Å²) in [5.74, 6) is -1.53. The summed E-state index contributed by atoms with van der Waals surface area (Å²) in [4.78, 5) is 9.86. The molecule has 0 aliphatic heterocycles. The Balaban J connectivity index is 2.53. The molecule has 0 unspecified atom stereocenters. The monoisotopic (exact) mass is 288 g/mol. The van der Waals surface area contributed by atoms with Gasteiger partial charge in [0.05, 0.1) is 11.5 Å². The van der Waals surface area contributed by atoms with E-state index in [4.69, 9.17) is 4.74 Å². The minimum Gasteiger partial charge on any atom is -0.380 e. The fourth-order valence-electron chi connectivity index (χ4n) is 1.57. The summed E-state index contributed by atoms with van der Waals surface area (Å²) in [5.41, 5.74) is -0.937. The van der Waals surface area contributed by atoms with Gasteiger partial charge in [0.2, 0.25) is 5.82 Å². The lowest BCUT2D eigenvalue weighted by Gasteiger charge is -2.09. The number of hydrogen-bond donors (Lipinski definition) is 1. The molecule has 7 heteroatoms. The standard InChI is InChI=1S/C13H18F2N2O3/c1-9(2)3-5-20-6-4-16-12-8-10(14)7-11(15)13(12)17(18)19/h7-9,16H,3-6H2,1-2H3. The Bertz CT molecular complexity index is 467. The number of nitro benzene ring substituents is 1. The Morgan fingerprint density at radius 2 is 2.05 bits per heavy atom. The molecule has 1 aromatic rings. The zero-order valence-corrected chi connectivity index (χ0v) is 11.5. The highest BCUT2D eigenvalue weighted by atomic mass is 19.1. The van der Waals surface area contributed by atoms with Gasteiger partial charge < -0.3 is 10.1 Å². The Morgan fingerprint density at radius 1 is 1.35 bits per heavy atom. The van der Waals surface area contributed by atoms with E-state index in [0.29, 0.717) is 25.2 Å². The van der Waals surface area contributed by atoms with Crippen LogP contribution in [0.4, 0.5) is 20.2 Å². The van der Waals surface area contributed by atoms with Crippen molar-refractivity contribution in [1.82, 2.24) is 0 Å². The number of nitrogens with one attached hydrogen (secondary N) is 1. The Hall–Kier alpha value is -1.76. The number of rotatable bonds is 8. The van der Waals surface area contributed by atoms with Crippen LogP contribution in [0.1, 0.15) is 20.3 Å². The summed E-state index contributed by atoms with van der Waals surface area (Å²) < 4.78 is 31.7. The van der Waals surface area contributed by atoms with Gasteiger partial charge in [0.25, 0.3) is 0 Å². The van der Waals surface area contributed by atoms with Gasteiger partial charge in [0.15, 0.2) is 0 Å². The normalized spacial score (nSPS) is 10.8. The Kier molecular flexibility index (Phi) is 6.30. The van der Waals surface area contributed by atoms with E-state index in [9.17, 15) is 18.9 Å². The van der Waals surface area contributed by atoms with Crippen molar-refractivity contribution in [1.29, 1.82) is 0 Å². The average molecular weight is 288 g/mol. The van der Waals surface area contributed by atoms with E-state index in [1.165, 1.54) is 0 Å². The van der Waals surface area contributed by atoms with Gasteiger partial charge >= 0.3 is 5.69 Å². The van der Waals surface area contributed by atoms with Crippen LogP contribution in [-0.2, 0) is 4.74 Å². The molecular weight excluding hydrogens is 270 g/mol. The van der Waals surface area contributed by atoms with Crippen LogP contribution in [0, 0.1) is 27.7 Å². The minimum atomic E-state index is -1.20. The first-order chi connectivity index (χ1) is 9.41. The van der Waals surface area contributed by atoms with Crippen LogP contribution in [0.3, 0.4) is 0 Å². The average Bonchev–Trinajstić information content (AvgIpc) is 2.31. The molecule has 0 saturated carbocycles. The van der Waals surface area contributed by atoms with Crippen molar-refractivity contribution in [3.05, 3.63) is 33.9 Å². The Morgan fingerprint density at radius 3 is 2.65 bits per heavy atom. The van der Waals surface area contributed by atoms with E-state index < -0.39 is 22.2 Å². The van der Waals surface area contributed by atoms with Gasteiger partial charge in [-0.2, -0.15) is 4.39 Å². The third kappa shape index (κ3) is 5.08. The van der Waals surface area contributed by atoms with Crippen molar-refractivity contribution in [3.8, 4) is 0 Å². The van der Waals surface area contributed by atoms with Gasteiger partial charge in [-0.1, -0.05) is 13.8 Å². The second-order valence-corrected chi connectivity index (χ2v) is 4.76. The van der Waals surface area contributed by atoms with Gasteiger partial charge in [0, 0.05) is 25.3 Å². The molecule has 0 aliphatic carbocycles.